The van der Waals surface area contributed by atoms with Crippen LogP contribution >= 0.6 is 0 Å². The van der Waals surface area contributed by atoms with E-state index < -0.39 is 11.2 Å². The van der Waals surface area contributed by atoms with Gasteiger partial charge in [-0.1, -0.05) is 0 Å². The average molecular weight is 345 g/mol. The summed E-state index contributed by atoms with van der Waals surface area (Å²) in [6, 6.07) is 5.67. The summed E-state index contributed by atoms with van der Waals surface area (Å²) >= 11 is -1.06. The monoisotopic (exact) mass is 345 g/mol. The van der Waals surface area contributed by atoms with E-state index in [4.69, 9.17) is 4.74 Å². The maximum absolute atomic E-state index is 12.5. The first kappa shape index (κ1) is 17.1. The van der Waals surface area contributed by atoms with Crippen molar-refractivity contribution in [1.29, 1.82) is 0 Å². The Labute approximate surface area is 145 Å². The molecule has 0 N–H and O–H groups in total. The quantitative estimate of drug-likeness (QED) is 0.800. The first-order valence-electron chi connectivity index (χ1n) is 8.35. The highest BCUT2D eigenvalue weighted by atomic mass is 32.2. The Kier molecular flexibility index (Phi) is 5.01. The molecule has 3 rings (SSSR count). The van der Waals surface area contributed by atoms with Gasteiger partial charge in [0.05, 0.1) is 6.61 Å². The van der Waals surface area contributed by atoms with Gasteiger partial charge in [-0.15, -0.1) is 0 Å². The Bertz CT molecular complexity index is 811. The van der Waals surface area contributed by atoms with Crippen LogP contribution in [0.2, 0.25) is 0 Å². The number of ether oxygens (including phenoxy) is 1. The van der Waals surface area contributed by atoms with Crippen molar-refractivity contribution in [2.45, 2.75) is 37.5 Å². The third-order valence-electron chi connectivity index (χ3n) is 4.57. The lowest BCUT2D eigenvalue weighted by molar-refractivity contribution is 0.341. The van der Waals surface area contributed by atoms with E-state index in [2.05, 4.69) is 0 Å². The summed E-state index contributed by atoms with van der Waals surface area (Å²) in [5.41, 5.74) is 4.11. The van der Waals surface area contributed by atoms with Crippen molar-refractivity contribution >= 4 is 11.2 Å². The molecule has 1 aliphatic carbocycles. The van der Waals surface area contributed by atoms with Crippen LogP contribution in [0.3, 0.4) is 0 Å². The predicted octanol–water partition coefficient (Wildman–Crippen LogP) is 3.07. The van der Waals surface area contributed by atoms with Crippen LogP contribution in [0.1, 0.15) is 30.9 Å². The van der Waals surface area contributed by atoms with E-state index in [-0.39, 0.29) is 5.56 Å². The molecule has 0 fully saturated rings. The Hall–Kier alpha value is -1.72. The fourth-order valence-electron chi connectivity index (χ4n) is 3.39. The van der Waals surface area contributed by atoms with Crippen LogP contribution < -0.4 is 10.3 Å². The van der Waals surface area contributed by atoms with Crippen molar-refractivity contribution in [3.8, 4) is 16.9 Å². The second-order valence-corrected chi connectivity index (χ2v) is 7.55. The topological polar surface area (TPSA) is 54.3 Å². The van der Waals surface area contributed by atoms with Crippen molar-refractivity contribution in [1.82, 2.24) is 4.57 Å². The highest BCUT2D eigenvalue weighted by Crippen LogP contribution is 2.37. The Balaban J connectivity index is 2.26. The summed E-state index contributed by atoms with van der Waals surface area (Å²) in [7, 11) is 1.79. The van der Waals surface area contributed by atoms with Gasteiger partial charge in [0.25, 0.3) is 5.56 Å². The minimum atomic E-state index is -1.06. The summed E-state index contributed by atoms with van der Waals surface area (Å²) in [6.45, 7) is 2.52. The third-order valence-corrected chi connectivity index (χ3v) is 5.48. The second-order valence-electron chi connectivity index (χ2n) is 6.17. The molecule has 1 atom stereocenters. The van der Waals surface area contributed by atoms with Gasteiger partial charge in [-0.05, 0) is 61.5 Å². The van der Waals surface area contributed by atoms with E-state index in [0.717, 1.165) is 58.6 Å². The van der Waals surface area contributed by atoms with Gasteiger partial charge < -0.3 is 13.9 Å². The number of hydrogen-bond acceptors (Lipinski definition) is 3. The highest BCUT2D eigenvalue weighted by molar-refractivity contribution is 7.90. The van der Waals surface area contributed by atoms with Crippen LogP contribution in [-0.4, -0.2) is 22.0 Å². The molecule has 0 amide bonds. The number of rotatable bonds is 4. The lowest BCUT2D eigenvalue weighted by Gasteiger charge is -2.22. The maximum Gasteiger partial charge on any atom is 0.253 e. The maximum atomic E-state index is 12.5. The number of fused-ring (bicyclic) bond motifs is 1. The molecule has 1 unspecified atom stereocenters. The molecule has 0 spiro atoms. The Morgan fingerprint density at radius 1 is 1.21 bits per heavy atom. The van der Waals surface area contributed by atoms with E-state index in [1.807, 2.05) is 31.3 Å². The van der Waals surface area contributed by atoms with Crippen LogP contribution in [0.15, 0.2) is 34.1 Å². The van der Waals surface area contributed by atoms with Gasteiger partial charge in [-0.2, -0.15) is 0 Å². The molecule has 1 aromatic carbocycles. The number of nitrogens with zero attached hydrogens (tertiary/aromatic N) is 1. The van der Waals surface area contributed by atoms with Crippen LogP contribution in [0, 0.1) is 0 Å². The predicted molar refractivity (Wildman–Crippen MR) is 97.3 cm³/mol. The molecule has 1 aromatic heterocycles. The van der Waals surface area contributed by atoms with Gasteiger partial charge in [0, 0.05) is 36.0 Å². The van der Waals surface area contributed by atoms with E-state index in [1.54, 1.807) is 17.9 Å². The summed E-state index contributed by atoms with van der Waals surface area (Å²) in [5, 5.41) is 0. The van der Waals surface area contributed by atoms with Crippen molar-refractivity contribution in [3.05, 3.63) is 45.9 Å². The summed E-state index contributed by atoms with van der Waals surface area (Å²) in [4.78, 5) is 13.2. The fraction of sp³-hybridized carbons (Fsp3) is 0.421. The minimum Gasteiger partial charge on any atom is -0.612 e. The number of benzene rings is 1. The van der Waals surface area contributed by atoms with Gasteiger partial charge in [-0.3, -0.25) is 4.79 Å². The molecule has 0 bridgehead atoms. The van der Waals surface area contributed by atoms with Crippen molar-refractivity contribution in [3.63, 3.8) is 0 Å². The van der Waals surface area contributed by atoms with Gasteiger partial charge in [0.2, 0.25) is 0 Å². The molecular formula is C19H23NO3S. The van der Waals surface area contributed by atoms with E-state index >= 15 is 0 Å². The smallest absolute Gasteiger partial charge is 0.253 e. The largest absolute Gasteiger partial charge is 0.612 e. The van der Waals surface area contributed by atoms with Gasteiger partial charge in [0.15, 0.2) is 4.90 Å². The normalized spacial score (nSPS) is 15.0. The molecule has 0 saturated heterocycles. The van der Waals surface area contributed by atoms with Crippen LogP contribution in [0.25, 0.3) is 11.1 Å². The van der Waals surface area contributed by atoms with E-state index in [1.165, 1.54) is 0 Å². The zero-order valence-electron chi connectivity index (χ0n) is 14.4. The number of pyridine rings is 1. The molecule has 5 heteroatoms. The summed E-state index contributed by atoms with van der Waals surface area (Å²) in [6.07, 6.45) is 7.47. The minimum absolute atomic E-state index is 0.0987. The summed E-state index contributed by atoms with van der Waals surface area (Å²) in [5.74, 6) is 0.776. The number of aryl methyl sites for hydroxylation is 1. The Morgan fingerprint density at radius 3 is 2.58 bits per heavy atom. The fourth-order valence-corrected chi connectivity index (χ4v) is 3.94. The molecule has 0 radical (unpaired) electrons. The molecule has 0 aliphatic heterocycles. The highest BCUT2D eigenvalue weighted by Gasteiger charge is 2.22. The third kappa shape index (κ3) is 3.10. The molecule has 1 heterocycles. The van der Waals surface area contributed by atoms with E-state index in [9.17, 15) is 9.35 Å². The van der Waals surface area contributed by atoms with Gasteiger partial charge in [0.1, 0.15) is 12.0 Å². The Morgan fingerprint density at radius 2 is 1.92 bits per heavy atom. The standard InChI is InChI=1S/C19H23NO3S/c1-4-23-18-10-9-13(24(3)22)11-16(18)17-12-20(2)19(21)15-8-6-5-7-14(15)17/h9-12H,4-8H2,1-3H3. The first-order valence-corrected chi connectivity index (χ1v) is 9.90. The average Bonchev–Trinajstić information content (AvgIpc) is 2.59. The van der Waals surface area contributed by atoms with Crippen LogP contribution in [0.4, 0.5) is 0 Å². The number of aromatic nitrogens is 1. The summed E-state index contributed by atoms with van der Waals surface area (Å²) < 4.78 is 19.4. The molecule has 1 aliphatic rings. The molecule has 0 saturated carbocycles. The van der Waals surface area contributed by atoms with Crippen LogP contribution in [-0.2, 0) is 31.1 Å². The van der Waals surface area contributed by atoms with Gasteiger partial charge in [-0.25, -0.2) is 0 Å². The molecule has 2 aromatic rings. The SMILES string of the molecule is CCOc1ccc([S+](C)[O-])cc1-c1cn(C)c(=O)c2c1CCCC2. The molecule has 128 valence electrons. The zero-order valence-corrected chi connectivity index (χ0v) is 15.2. The van der Waals surface area contributed by atoms with Crippen LogP contribution in [0.5, 0.6) is 5.75 Å². The van der Waals surface area contributed by atoms with E-state index in [0.29, 0.717) is 6.61 Å². The zero-order chi connectivity index (χ0) is 17.3. The molecular weight excluding hydrogens is 322 g/mol. The first-order chi connectivity index (χ1) is 11.5. The van der Waals surface area contributed by atoms with Crippen molar-refractivity contribution in [2.75, 3.05) is 12.9 Å². The van der Waals surface area contributed by atoms with Crippen molar-refractivity contribution in [2.24, 2.45) is 7.05 Å². The molecule has 24 heavy (non-hydrogen) atoms. The second kappa shape index (κ2) is 7.03. The lowest BCUT2D eigenvalue weighted by Crippen LogP contribution is -2.25. The lowest BCUT2D eigenvalue weighted by atomic mass is 9.87. The van der Waals surface area contributed by atoms with Crippen molar-refractivity contribution < 1.29 is 9.29 Å². The molecule has 4 nitrogen and oxygen atoms in total. The number of hydrogen-bond donors (Lipinski definition) is 0. The van der Waals surface area contributed by atoms with Gasteiger partial charge >= 0.3 is 0 Å².